The molecule has 2 N–H and O–H groups in total. The van der Waals surface area contributed by atoms with E-state index in [-0.39, 0.29) is 18.1 Å². The Bertz CT molecular complexity index is 509. The van der Waals surface area contributed by atoms with Crippen LogP contribution in [0.3, 0.4) is 0 Å². The Hall–Kier alpha value is -1.39. The van der Waals surface area contributed by atoms with Crippen LogP contribution in [0.2, 0.25) is 0 Å². The molecule has 0 saturated heterocycles. The van der Waals surface area contributed by atoms with Crippen molar-refractivity contribution in [2.45, 2.75) is 44.1 Å². The summed E-state index contributed by atoms with van der Waals surface area (Å²) in [4.78, 5) is 14.5. The van der Waals surface area contributed by atoms with Crippen LogP contribution < -0.4 is 10.2 Å². The highest BCUT2D eigenvalue weighted by atomic mass is 16.3. The molecule has 0 bridgehead atoms. The van der Waals surface area contributed by atoms with Gasteiger partial charge in [0.15, 0.2) is 0 Å². The molecule has 3 rings (SSSR count). The average Bonchev–Trinajstić information content (AvgIpc) is 3.01. The second kappa shape index (κ2) is 6.16. The summed E-state index contributed by atoms with van der Waals surface area (Å²) in [5, 5.41) is 12.9. The first-order chi connectivity index (χ1) is 10.2. The summed E-state index contributed by atoms with van der Waals surface area (Å²) in [7, 11) is 0. The van der Waals surface area contributed by atoms with Crippen molar-refractivity contribution in [1.29, 1.82) is 0 Å². The largest absolute Gasteiger partial charge is 0.394 e. The number of anilines is 1. The quantitative estimate of drug-likeness (QED) is 0.889. The monoisotopic (exact) mass is 288 g/mol. The lowest BCUT2D eigenvalue weighted by Gasteiger charge is -2.32. The van der Waals surface area contributed by atoms with Gasteiger partial charge in [-0.2, -0.15) is 0 Å². The number of nitrogens with one attached hydrogen (secondary N) is 1. The molecule has 2 aliphatic rings. The van der Waals surface area contributed by atoms with Gasteiger partial charge in [0.1, 0.15) is 0 Å². The first kappa shape index (κ1) is 14.5. The van der Waals surface area contributed by atoms with Gasteiger partial charge in [-0.15, -0.1) is 0 Å². The van der Waals surface area contributed by atoms with Crippen LogP contribution >= 0.6 is 0 Å². The number of aryl methyl sites for hydroxylation is 1. The minimum atomic E-state index is -0.231. The van der Waals surface area contributed by atoms with E-state index in [2.05, 4.69) is 11.4 Å². The Labute approximate surface area is 126 Å². The third-order valence-corrected chi connectivity index (χ3v) is 4.89. The number of carbonyl (C=O) groups is 1. The molecule has 0 radical (unpaired) electrons. The SMILES string of the molecule is O=C(CNC1(CO)CCCC1)N1CCCc2ccccc21. The number of nitrogens with zero attached hydrogens (tertiary/aromatic N) is 1. The minimum Gasteiger partial charge on any atom is -0.394 e. The molecule has 1 aliphatic heterocycles. The molecule has 0 atom stereocenters. The van der Waals surface area contributed by atoms with E-state index >= 15 is 0 Å². The van der Waals surface area contributed by atoms with Gasteiger partial charge in [0, 0.05) is 17.8 Å². The Balaban J connectivity index is 1.66. The van der Waals surface area contributed by atoms with Gasteiger partial charge in [-0.3, -0.25) is 4.79 Å². The zero-order chi connectivity index (χ0) is 14.7. The number of benzene rings is 1. The number of amides is 1. The zero-order valence-electron chi connectivity index (χ0n) is 12.5. The number of hydrogen-bond acceptors (Lipinski definition) is 3. The molecule has 1 saturated carbocycles. The van der Waals surface area contributed by atoms with Crippen LogP contribution in [-0.4, -0.2) is 36.2 Å². The van der Waals surface area contributed by atoms with Crippen LogP contribution in [-0.2, 0) is 11.2 Å². The molecule has 4 heteroatoms. The van der Waals surface area contributed by atoms with Crippen molar-refractivity contribution >= 4 is 11.6 Å². The number of carbonyl (C=O) groups excluding carboxylic acids is 1. The molecule has 0 spiro atoms. The van der Waals surface area contributed by atoms with Gasteiger partial charge in [0.05, 0.1) is 13.2 Å². The maximum absolute atomic E-state index is 12.6. The van der Waals surface area contributed by atoms with Crippen LogP contribution in [0, 0.1) is 0 Å². The van der Waals surface area contributed by atoms with E-state index in [1.165, 1.54) is 5.56 Å². The normalized spacial score (nSPS) is 20.3. The lowest BCUT2D eigenvalue weighted by molar-refractivity contribution is -0.118. The van der Waals surface area contributed by atoms with Crippen molar-refractivity contribution in [3.05, 3.63) is 29.8 Å². The van der Waals surface area contributed by atoms with E-state index in [1.807, 2.05) is 23.1 Å². The molecule has 114 valence electrons. The van der Waals surface area contributed by atoms with Crippen LogP contribution in [0.5, 0.6) is 0 Å². The standard InChI is InChI=1S/C17H24N2O2/c20-13-17(9-3-4-10-17)18-12-16(21)19-11-5-7-14-6-1-2-8-15(14)19/h1-2,6,8,18,20H,3-5,7,9-13H2. The highest BCUT2D eigenvalue weighted by molar-refractivity contribution is 5.96. The van der Waals surface area contributed by atoms with Gasteiger partial charge in [-0.05, 0) is 37.3 Å². The van der Waals surface area contributed by atoms with Crippen LogP contribution in [0.25, 0.3) is 0 Å². The molecule has 21 heavy (non-hydrogen) atoms. The second-order valence-corrected chi connectivity index (χ2v) is 6.28. The fourth-order valence-corrected chi connectivity index (χ4v) is 3.59. The molecule has 0 unspecified atom stereocenters. The van der Waals surface area contributed by atoms with Crippen molar-refractivity contribution < 1.29 is 9.90 Å². The summed E-state index contributed by atoms with van der Waals surface area (Å²) < 4.78 is 0. The summed E-state index contributed by atoms with van der Waals surface area (Å²) in [5.41, 5.74) is 2.08. The first-order valence-corrected chi connectivity index (χ1v) is 7.98. The van der Waals surface area contributed by atoms with Gasteiger partial charge in [-0.25, -0.2) is 0 Å². The Morgan fingerprint density at radius 1 is 1.24 bits per heavy atom. The number of hydrogen-bond donors (Lipinski definition) is 2. The smallest absolute Gasteiger partial charge is 0.240 e. The van der Waals surface area contributed by atoms with E-state index < -0.39 is 0 Å². The number of rotatable bonds is 4. The van der Waals surface area contributed by atoms with Crippen LogP contribution in [0.1, 0.15) is 37.7 Å². The molecule has 0 aromatic heterocycles. The molecular weight excluding hydrogens is 264 g/mol. The Morgan fingerprint density at radius 3 is 2.76 bits per heavy atom. The molecule has 1 amide bonds. The van der Waals surface area contributed by atoms with Gasteiger partial charge >= 0.3 is 0 Å². The second-order valence-electron chi connectivity index (χ2n) is 6.28. The van der Waals surface area contributed by atoms with Crippen molar-refractivity contribution in [1.82, 2.24) is 5.32 Å². The van der Waals surface area contributed by atoms with Crippen LogP contribution in [0.15, 0.2) is 24.3 Å². The minimum absolute atomic E-state index is 0.113. The summed E-state index contributed by atoms with van der Waals surface area (Å²) in [6.07, 6.45) is 6.27. The summed E-state index contributed by atoms with van der Waals surface area (Å²) in [6, 6.07) is 8.16. The van der Waals surface area contributed by atoms with E-state index in [0.717, 1.165) is 50.8 Å². The van der Waals surface area contributed by atoms with Crippen molar-refractivity contribution in [3.63, 3.8) is 0 Å². The van der Waals surface area contributed by atoms with E-state index in [0.29, 0.717) is 6.54 Å². The summed E-state index contributed by atoms with van der Waals surface area (Å²) in [5.74, 6) is 0.113. The van der Waals surface area contributed by atoms with Crippen LogP contribution in [0.4, 0.5) is 5.69 Å². The van der Waals surface area contributed by atoms with Crippen molar-refractivity contribution in [2.75, 3.05) is 24.6 Å². The Kier molecular flexibility index (Phi) is 4.27. The van der Waals surface area contributed by atoms with Gasteiger partial charge in [0.25, 0.3) is 0 Å². The number of fused-ring (bicyclic) bond motifs is 1. The first-order valence-electron chi connectivity index (χ1n) is 7.98. The predicted octanol–water partition coefficient (Wildman–Crippen LogP) is 1.86. The van der Waals surface area contributed by atoms with E-state index in [1.54, 1.807) is 0 Å². The fourth-order valence-electron chi connectivity index (χ4n) is 3.59. The lowest BCUT2D eigenvalue weighted by Crippen LogP contribution is -2.51. The number of para-hydroxylation sites is 1. The molecule has 1 aromatic carbocycles. The lowest BCUT2D eigenvalue weighted by atomic mass is 9.98. The molecule has 1 aliphatic carbocycles. The van der Waals surface area contributed by atoms with Gasteiger partial charge in [0.2, 0.25) is 5.91 Å². The number of aliphatic hydroxyl groups excluding tert-OH is 1. The molecule has 1 heterocycles. The third kappa shape index (κ3) is 2.97. The predicted molar refractivity (Wildman–Crippen MR) is 83.4 cm³/mol. The van der Waals surface area contributed by atoms with Crippen molar-refractivity contribution in [2.24, 2.45) is 0 Å². The van der Waals surface area contributed by atoms with E-state index in [4.69, 9.17) is 0 Å². The average molecular weight is 288 g/mol. The molecule has 4 nitrogen and oxygen atoms in total. The molecular formula is C17H24N2O2. The molecule has 1 fully saturated rings. The molecule has 1 aromatic rings. The third-order valence-electron chi connectivity index (χ3n) is 4.89. The number of aliphatic hydroxyl groups is 1. The zero-order valence-corrected chi connectivity index (χ0v) is 12.5. The maximum Gasteiger partial charge on any atom is 0.240 e. The highest BCUT2D eigenvalue weighted by Crippen LogP contribution is 2.30. The Morgan fingerprint density at radius 2 is 2.00 bits per heavy atom. The summed E-state index contributed by atoms with van der Waals surface area (Å²) >= 11 is 0. The summed E-state index contributed by atoms with van der Waals surface area (Å²) in [6.45, 7) is 1.23. The maximum atomic E-state index is 12.6. The van der Waals surface area contributed by atoms with E-state index in [9.17, 15) is 9.90 Å². The fraction of sp³-hybridized carbons (Fsp3) is 0.588. The van der Waals surface area contributed by atoms with Gasteiger partial charge < -0.3 is 15.3 Å². The highest BCUT2D eigenvalue weighted by Gasteiger charge is 2.33. The van der Waals surface area contributed by atoms with Gasteiger partial charge in [-0.1, -0.05) is 31.0 Å². The topological polar surface area (TPSA) is 52.6 Å². The van der Waals surface area contributed by atoms with Crippen molar-refractivity contribution in [3.8, 4) is 0 Å².